The van der Waals surface area contributed by atoms with Crippen LogP contribution in [0, 0.1) is 11.6 Å². The quantitative estimate of drug-likeness (QED) is 0.428. The molecule has 29 heavy (non-hydrogen) atoms. The number of allylic oxidation sites excluding steroid dienone is 2. The number of fused-ring (bicyclic) bond motifs is 1. The van der Waals surface area contributed by atoms with Gasteiger partial charge in [0.05, 0.1) is 11.2 Å². The van der Waals surface area contributed by atoms with Crippen LogP contribution < -0.4 is 0 Å². The molecule has 0 saturated heterocycles. The first-order valence-electron chi connectivity index (χ1n) is 9.73. The maximum Gasteiger partial charge on any atom is 0.234 e. The highest BCUT2D eigenvalue weighted by Gasteiger charge is 2.22. The Morgan fingerprint density at radius 3 is 2.48 bits per heavy atom. The summed E-state index contributed by atoms with van der Waals surface area (Å²) in [5, 5.41) is 1.14. The standard InChI is InChI=1S/C24H19F2N3/c25-20-11-10-18(14-21(20)26)16-6-8-17(9-7-16)23-15-19-4-1-2-5-22(19)29(23)24-27-12-3-13-28-24/h1-5,8,10-16H,6-7,9H2. The molecule has 0 amide bonds. The molecule has 5 rings (SSSR count). The first-order valence-corrected chi connectivity index (χ1v) is 9.73. The summed E-state index contributed by atoms with van der Waals surface area (Å²) < 4.78 is 29.0. The minimum Gasteiger partial charge on any atom is -0.278 e. The fourth-order valence-electron chi connectivity index (χ4n) is 4.15. The van der Waals surface area contributed by atoms with Gasteiger partial charge in [0.1, 0.15) is 0 Å². The third kappa shape index (κ3) is 3.23. The van der Waals surface area contributed by atoms with Crippen LogP contribution in [0.5, 0.6) is 0 Å². The van der Waals surface area contributed by atoms with Crippen LogP contribution in [0.25, 0.3) is 22.4 Å². The monoisotopic (exact) mass is 387 g/mol. The molecule has 1 aliphatic rings. The predicted octanol–water partition coefficient (Wildman–Crippen LogP) is 6.05. The highest BCUT2D eigenvalue weighted by molar-refractivity contribution is 5.87. The van der Waals surface area contributed by atoms with E-state index in [1.807, 2.05) is 12.1 Å². The second-order valence-corrected chi connectivity index (χ2v) is 7.35. The molecule has 0 spiro atoms. The van der Waals surface area contributed by atoms with E-state index in [9.17, 15) is 8.78 Å². The molecule has 0 N–H and O–H groups in total. The topological polar surface area (TPSA) is 30.7 Å². The Morgan fingerprint density at radius 2 is 1.72 bits per heavy atom. The number of para-hydroxylation sites is 1. The molecule has 4 aromatic rings. The molecule has 1 unspecified atom stereocenters. The van der Waals surface area contributed by atoms with Crippen molar-refractivity contribution >= 4 is 16.5 Å². The summed E-state index contributed by atoms with van der Waals surface area (Å²) in [6.07, 6.45) is 8.23. The Kier molecular flexibility index (Phi) is 4.43. The van der Waals surface area contributed by atoms with Crippen LogP contribution in [0.15, 0.2) is 73.1 Å². The smallest absolute Gasteiger partial charge is 0.234 e. The predicted molar refractivity (Wildman–Crippen MR) is 110 cm³/mol. The van der Waals surface area contributed by atoms with Gasteiger partial charge in [0.25, 0.3) is 0 Å². The van der Waals surface area contributed by atoms with Crippen molar-refractivity contribution in [1.29, 1.82) is 0 Å². The Hall–Kier alpha value is -3.34. The molecule has 2 heterocycles. The van der Waals surface area contributed by atoms with E-state index in [1.54, 1.807) is 24.5 Å². The fraction of sp³-hybridized carbons (Fsp3) is 0.167. The third-order valence-corrected chi connectivity index (χ3v) is 5.62. The van der Waals surface area contributed by atoms with Gasteiger partial charge in [-0.1, -0.05) is 30.3 Å². The second kappa shape index (κ2) is 7.24. The first kappa shape index (κ1) is 17.7. The maximum absolute atomic E-state index is 13.6. The number of halogens is 2. The largest absolute Gasteiger partial charge is 0.278 e. The average Bonchev–Trinajstić information content (AvgIpc) is 3.16. The molecular formula is C24H19F2N3. The van der Waals surface area contributed by atoms with E-state index < -0.39 is 11.6 Å². The van der Waals surface area contributed by atoms with Gasteiger partial charge in [-0.05, 0) is 66.6 Å². The van der Waals surface area contributed by atoms with Gasteiger partial charge in [-0.25, -0.2) is 18.7 Å². The second-order valence-electron chi connectivity index (χ2n) is 7.35. The van der Waals surface area contributed by atoms with Crippen molar-refractivity contribution < 1.29 is 8.78 Å². The number of rotatable bonds is 3. The highest BCUT2D eigenvalue weighted by Crippen LogP contribution is 2.38. The van der Waals surface area contributed by atoms with Crippen molar-refractivity contribution in [2.24, 2.45) is 0 Å². The lowest BCUT2D eigenvalue weighted by molar-refractivity contribution is 0.503. The van der Waals surface area contributed by atoms with Gasteiger partial charge in [-0.15, -0.1) is 0 Å². The Bertz CT molecular complexity index is 1210. The Morgan fingerprint density at radius 1 is 0.897 bits per heavy atom. The molecular weight excluding hydrogens is 368 g/mol. The molecule has 144 valence electrons. The number of aromatic nitrogens is 3. The van der Waals surface area contributed by atoms with Crippen LogP contribution in [0.2, 0.25) is 0 Å². The van der Waals surface area contributed by atoms with E-state index in [2.05, 4.69) is 38.8 Å². The summed E-state index contributed by atoms with van der Waals surface area (Å²) in [7, 11) is 0. The van der Waals surface area contributed by atoms with E-state index in [-0.39, 0.29) is 5.92 Å². The van der Waals surface area contributed by atoms with Crippen molar-refractivity contribution in [3.8, 4) is 5.95 Å². The summed E-state index contributed by atoms with van der Waals surface area (Å²) in [4.78, 5) is 8.91. The van der Waals surface area contributed by atoms with Gasteiger partial charge in [0, 0.05) is 17.8 Å². The fourth-order valence-corrected chi connectivity index (χ4v) is 4.15. The van der Waals surface area contributed by atoms with E-state index in [0.29, 0.717) is 5.95 Å². The zero-order chi connectivity index (χ0) is 19.8. The summed E-state index contributed by atoms with van der Waals surface area (Å²) in [5.41, 5.74) is 4.23. The number of hydrogen-bond acceptors (Lipinski definition) is 2. The Balaban J connectivity index is 1.53. The minimum absolute atomic E-state index is 0.194. The van der Waals surface area contributed by atoms with Gasteiger partial charge in [-0.3, -0.25) is 4.57 Å². The third-order valence-electron chi connectivity index (χ3n) is 5.62. The van der Waals surface area contributed by atoms with Crippen molar-refractivity contribution in [2.75, 3.05) is 0 Å². The van der Waals surface area contributed by atoms with Gasteiger partial charge in [0.2, 0.25) is 5.95 Å². The van der Waals surface area contributed by atoms with Crippen LogP contribution >= 0.6 is 0 Å². The van der Waals surface area contributed by atoms with Crippen molar-refractivity contribution in [1.82, 2.24) is 14.5 Å². The van der Waals surface area contributed by atoms with Gasteiger partial charge in [-0.2, -0.15) is 0 Å². The van der Waals surface area contributed by atoms with E-state index >= 15 is 0 Å². The lowest BCUT2D eigenvalue weighted by Crippen LogP contribution is -2.08. The van der Waals surface area contributed by atoms with E-state index in [4.69, 9.17) is 0 Å². The first-order chi connectivity index (χ1) is 14.2. The molecule has 0 radical (unpaired) electrons. The van der Waals surface area contributed by atoms with Crippen LogP contribution in [-0.4, -0.2) is 14.5 Å². The molecule has 5 heteroatoms. The molecule has 0 bridgehead atoms. The lowest BCUT2D eigenvalue weighted by Gasteiger charge is -2.23. The van der Waals surface area contributed by atoms with Crippen molar-refractivity contribution in [2.45, 2.75) is 25.2 Å². The van der Waals surface area contributed by atoms with E-state index in [1.165, 1.54) is 17.7 Å². The minimum atomic E-state index is -0.798. The maximum atomic E-state index is 13.6. The van der Waals surface area contributed by atoms with Crippen LogP contribution in [0.4, 0.5) is 8.78 Å². The summed E-state index contributed by atoms with van der Waals surface area (Å²) >= 11 is 0. The number of hydrogen-bond donors (Lipinski definition) is 0. The van der Waals surface area contributed by atoms with Crippen LogP contribution in [0.3, 0.4) is 0 Å². The zero-order valence-corrected chi connectivity index (χ0v) is 15.7. The summed E-state index contributed by atoms with van der Waals surface area (Å²) in [5.74, 6) is -0.737. The van der Waals surface area contributed by atoms with E-state index in [0.717, 1.165) is 41.4 Å². The molecule has 0 saturated carbocycles. The molecule has 1 atom stereocenters. The lowest BCUT2D eigenvalue weighted by atomic mass is 9.83. The molecule has 2 aromatic heterocycles. The SMILES string of the molecule is Fc1ccc(C2CC=C(c3cc4ccccc4n3-c3ncccn3)CC2)cc1F. The molecule has 0 fully saturated rings. The highest BCUT2D eigenvalue weighted by atomic mass is 19.2. The average molecular weight is 387 g/mol. The molecule has 1 aliphatic carbocycles. The summed E-state index contributed by atoms with van der Waals surface area (Å²) in [6.45, 7) is 0. The van der Waals surface area contributed by atoms with Crippen molar-refractivity contribution in [3.63, 3.8) is 0 Å². The zero-order valence-electron chi connectivity index (χ0n) is 15.7. The van der Waals surface area contributed by atoms with Crippen molar-refractivity contribution in [3.05, 3.63) is 96.0 Å². The van der Waals surface area contributed by atoms with Crippen LogP contribution in [0.1, 0.15) is 36.4 Å². The number of nitrogens with zero attached hydrogens (tertiary/aromatic N) is 3. The Labute approximate surface area is 167 Å². The van der Waals surface area contributed by atoms with Gasteiger partial charge in [0.15, 0.2) is 11.6 Å². The normalized spacial score (nSPS) is 16.8. The number of benzene rings is 2. The van der Waals surface area contributed by atoms with Crippen LogP contribution in [-0.2, 0) is 0 Å². The summed E-state index contributed by atoms with van der Waals surface area (Å²) in [6, 6.07) is 16.4. The molecule has 3 nitrogen and oxygen atoms in total. The van der Waals surface area contributed by atoms with Gasteiger partial charge >= 0.3 is 0 Å². The molecule has 0 aliphatic heterocycles. The molecule has 2 aromatic carbocycles. The van der Waals surface area contributed by atoms with Gasteiger partial charge < -0.3 is 0 Å².